The van der Waals surface area contributed by atoms with Crippen molar-refractivity contribution in [3.63, 3.8) is 0 Å². The van der Waals surface area contributed by atoms with Crippen LogP contribution in [0.5, 0.6) is 0 Å². The van der Waals surface area contributed by atoms with Crippen LogP contribution in [0.2, 0.25) is 0 Å². The molecule has 2 N–H and O–H groups in total. The summed E-state index contributed by atoms with van der Waals surface area (Å²) in [6.07, 6.45) is 1.01. The normalized spacial score (nSPS) is 35.4. The summed E-state index contributed by atoms with van der Waals surface area (Å²) in [4.78, 5) is 14.1. The quantitative estimate of drug-likeness (QED) is 0.713. The number of nitrogens with zero attached hydrogens (tertiary/aromatic N) is 1. The first kappa shape index (κ1) is 12.2. The van der Waals surface area contributed by atoms with Gasteiger partial charge in [0.2, 0.25) is 5.91 Å². The van der Waals surface area contributed by atoms with Gasteiger partial charge < -0.3 is 15.3 Å². The Morgan fingerprint density at radius 2 is 2.44 bits per heavy atom. The Labute approximate surface area is 101 Å². The van der Waals surface area contributed by atoms with E-state index in [1.54, 1.807) is 0 Å². The topological polar surface area (TPSA) is 52.6 Å². The maximum absolute atomic E-state index is 12.3. The number of thioether (sulfide) groups is 1. The van der Waals surface area contributed by atoms with E-state index in [1.807, 2.05) is 16.7 Å². The number of amides is 1. The van der Waals surface area contributed by atoms with E-state index in [0.29, 0.717) is 5.92 Å². The highest BCUT2D eigenvalue weighted by Gasteiger charge is 2.37. The summed E-state index contributed by atoms with van der Waals surface area (Å²) in [5.41, 5.74) is 0. The number of aliphatic hydroxyl groups is 1. The van der Waals surface area contributed by atoms with E-state index in [0.717, 1.165) is 31.0 Å². The Bertz CT molecular complexity index is 256. The lowest BCUT2D eigenvalue weighted by Crippen LogP contribution is -2.53. The SMILES string of the molecule is CC1CCN(C(=O)C2CSCCN2)C1CO. The first-order valence-corrected chi connectivity index (χ1v) is 7.12. The van der Waals surface area contributed by atoms with E-state index in [-0.39, 0.29) is 24.6 Å². The summed E-state index contributed by atoms with van der Waals surface area (Å²) in [6, 6.07) is -0.0145. The third kappa shape index (κ3) is 2.36. The second-order valence-electron chi connectivity index (χ2n) is 4.63. The zero-order chi connectivity index (χ0) is 11.5. The number of likely N-dealkylation sites (tertiary alicyclic amines) is 1. The van der Waals surface area contributed by atoms with Crippen LogP contribution in [0.15, 0.2) is 0 Å². The smallest absolute Gasteiger partial charge is 0.240 e. The standard InChI is InChI=1S/C11H20N2O2S/c1-8-2-4-13(10(8)6-14)11(15)9-7-16-5-3-12-9/h8-10,12,14H,2-7H2,1H3. The monoisotopic (exact) mass is 244 g/mol. The van der Waals surface area contributed by atoms with Crippen LogP contribution in [0.25, 0.3) is 0 Å². The summed E-state index contributed by atoms with van der Waals surface area (Å²) in [5, 5.41) is 12.6. The maximum Gasteiger partial charge on any atom is 0.240 e. The molecule has 2 rings (SSSR count). The van der Waals surface area contributed by atoms with E-state index < -0.39 is 0 Å². The summed E-state index contributed by atoms with van der Waals surface area (Å²) in [5.74, 6) is 2.55. The second-order valence-corrected chi connectivity index (χ2v) is 5.78. The fourth-order valence-electron chi connectivity index (χ4n) is 2.48. The van der Waals surface area contributed by atoms with Gasteiger partial charge in [0.1, 0.15) is 0 Å². The first-order chi connectivity index (χ1) is 7.74. The number of hydrogen-bond donors (Lipinski definition) is 2. The van der Waals surface area contributed by atoms with Gasteiger partial charge in [-0.15, -0.1) is 0 Å². The molecule has 5 heteroatoms. The van der Waals surface area contributed by atoms with E-state index in [4.69, 9.17) is 0 Å². The molecule has 2 saturated heterocycles. The first-order valence-electron chi connectivity index (χ1n) is 5.96. The van der Waals surface area contributed by atoms with E-state index in [9.17, 15) is 9.90 Å². The number of rotatable bonds is 2. The number of hydrogen-bond acceptors (Lipinski definition) is 4. The van der Waals surface area contributed by atoms with Crippen LogP contribution in [-0.2, 0) is 4.79 Å². The number of nitrogens with one attached hydrogen (secondary N) is 1. The Morgan fingerprint density at radius 3 is 3.06 bits per heavy atom. The fraction of sp³-hybridized carbons (Fsp3) is 0.909. The van der Waals surface area contributed by atoms with Gasteiger partial charge in [0, 0.05) is 24.6 Å². The summed E-state index contributed by atoms with van der Waals surface area (Å²) < 4.78 is 0. The number of aliphatic hydroxyl groups excluding tert-OH is 1. The second kappa shape index (κ2) is 5.38. The highest BCUT2D eigenvalue weighted by Crippen LogP contribution is 2.25. The minimum absolute atomic E-state index is 0.0289. The molecular weight excluding hydrogens is 224 g/mol. The van der Waals surface area contributed by atoms with Crippen LogP contribution in [0.1, 0.15) is 13.3 Å². The lowest BCUT2D eigenvalue weighted by atomic mass is 10.0. The molecule has 0 aromatic rings. The minimum atomic E-state index is -0.0434. The molecule has 2 heterocycles. The van der Waals surface area contributed by atoms with Gasteiger partial charge in [-0.3, -0.25) is 4.79 Å². The third-order valence-electron chi connectivity index (χ3n) is 3.57. The van der Waals surface area contributed by atoms with Gasteiger partial charge in [-0.25, -0.2) is 0 Å². The zero-order valence-corrected chi connectivity index (χ0v) is 10.5. The van der Waals surface area contributed by atoms with Crippen molar-refractivity contribution >= 4 is 17.7 Å². The van der Waals surface area contributed by atoms with Crippen LogP contribution in [-0.4, -0.2) is 59.2 Å². The van der Waals surface area contributed by atoms with Gasteiger partial charge >= 0.3 is 0 Å². The van der Waals surface area contributed by atoms with Crippen molar-refractivity contribution in [1.82, 2.24) is 10.2 Å². The van der Waals surface area contributed by atoms with E-state index >= 15 is 0 Å². The van der Waals surface area contributed by atoms with Crippen LogP contribution in [0.3, 0.4) is 0 Å². The molecule has 3 atom stereocenters. The van der Waals surface area contributed by atoms with Crippen LogP contribution in [0.4, 0.5) is 0 Å². The van der Waals surface area contributed by atoms with Crippen molar-refractivity contribution in [2.75, 3.05) is 31.2 Å². The van der Waals surface area contributed by atoms with E-state index in [1.165, 1.54) is 0 Å². The molecule has 0 radical (unpaired) electrons. The average Bonchev–Trinajstić information content (AvgIpc) is 2.70. The zero-order valence-electron chi connectivity index (χ0n) is 9.69. The summed E-state index contributed by atoms with van der Waals surface area (Å²) in [7, 11) is 0. The third-order valence-corrected chi connectivity index (χ3v) is 4.63. The Balaban J connectivity index is 1.97. The molecule has 0 saturated carbocycles. The van der Waals surface area contributed by atoms with Crippen molar-refractivity contribution < 1.29 is 9.90 Å². The van der Waals surface area contributed by atoms with Gasteiger partial charge in [-0.2, -0.15) is 11.8 Å². The molecule has 1 amide bonds. The van der Waals surface area contributed by atoms with Crippen LogP contribution in [0, 0.1) is 5.92 Å². The molecule has 16 heavy (non-hydrogen) atoms. The van der Waals surface area contributed by atoms with Gasteiger partial charge in [-0.1, -0.05) is 6.92 Å². The molecule has 0 aromatic heterocycles. The van der Waals surface area contributed by atoms with Crippen LogP contribution < -0.4 is 5.32 Å². The fourth-order valence-corrected chi connectivity index (χ4v) is 3.41. The molecular formula is C11H20N2O2S. The van der Waals surface area contributed by atoms with Crippen molar-refractivity contribution in [1.29, 1.82) is 0 Å². The summed E-state index contributed by atoms with van der Waals surface area (Å²) in [6.45, 7) is 3.91. The highest BCUT2D eigenvalue weighted by atomic mass is 32.2. The Kier molecular flexibility index (Phi) is 4.10. The van der Waals surface area contributed by atoms with Crippen molar-refractivity contribution in [2.45, 2.75) is 25.4 Å². The maximum atomic E-state index is 12.3. The Hall–Kier alpha value is -0.260. The van der Waals surface area contributed by atoms with Gasteiger partial charge in [0.05, 0.1) is 18.7 Å². The molecule has 0 aromatic carbocycles. The van der Waals surface area contributed by atoms with Crippen molar-refractivity contribution in [2.24, 2.45) is 5.92 Å². The molecule has 2 aliphatic heterocycles. The molecule has 2 aliphatic rings. The molecule has 3 unspecified atom stereocenters. The molecule has 0 bridgehead atoms. The predicted octanol–water partition coefficient (Wildman–Crippen LogP) is -0.0793. The number of carbonyl (C=O) groups is 1. The Morgan fingerprint density at radius 1 is 1.62 bits per heavy atom. The molecule has 4 nitrogen and oxygen atoms in total. The van der Waals surface area contributed by atoms with Gasteiger partial charge in [0.25, 0.3) is 0 Å². The number of carbonyl (C=O) groups excluding carboxylic acids is 1. The van der Waals surface area contributed by atoms with Crippen molar-refractivity contribution in [3.8, 4) is 0 Å². The lowest BCUT2D eigenvalue weighted by molar-refractivity contribution is -0.134. The summed E-state index contributed by atoms with van der Waals surface area (Å²) >= 11 is 1.83. The molecule has 2 fully saturated rings. The van der Waals surface area contributed by atoms with Gasteiger partial charge in [-0.05, 0) is 12.3 Å². The molecule has 0 aliphatic carbocycles. The van der Waals surface area contributed by atoms with Crippen LogP contribution >= 0.6 is 11.8 Å². The predicted molar refractivity (Wildman–Crippen MR) is 65.5 cm³/mol. The van der Waals surface area contributed by atoms with E-state index in [2.05, 4.69) is 12.2 Å². The minimum Gasteiger partial charge on any atom is -0.394 e. The lowest BCUT2D eigenvalue weighted by Gasteiger charge is -2.31. The van der Waals surface area contributed by atoms with Crippen molar-refractivity contribution in [3.05, 3.63) is 0 Å². The average molecular weight is 244 g/mol. The van der Waals surface area contributed by atoms with Gasteiger partial charge in [0.15, 0.2) is 0 Å². The highest BCUT2D eigenvalue weighted by molar-refractivity contribution is 7.99. The largest absolute Gasteiger partial charge is 0.394 e. The molecule has 0 spiro atoms. The molecule has 92 valence electrons.